The fraction of sp³-hybridized carbons (Fsp3) is 0.826. The van der Waals surface area contributed by atoms with Gasteiger partial charge in [0.25, 0.3) is 0 Å². The van der Waals surface area contributed by atoms with E-state index < -0.39 is 36.0 Å². The van der Waals surface area contributed by atoms with E-state index in [1.54, 1.807) is 0 Å². The number of allylic oxidation sites excluding steroid dienone is 4. The number of carbonyl (C=O) groups is 4. The van der Waals surface area contributed by atoms with E-state index in [4.69, 9.17) is 10.2 Å². The zero-order chi connectivity index (χ0) is 41.7. The molecule has 4 N–H and O–H groups in total. The molecule has 57 heavy (non-hydrogen) atoms. The molecule has 0 aromatic carbocycles. The summed E-state index contributed by atoms with van der Waals surface area (Å²) in [7, 11) is 0. The zero-order valence-corrected chi connectivity index (χ0v) is 39.5. The second-order valence-electron chi connectivity index (χ2n) is 15.4. The molecule has 0 unspecified atom stereocenters. The van der Waals surface area contributed by atoms with Gasteiger partial charge in [0.2, 0.25) is 0 Å². The molecule has 0 amide bonds. The Morgan fingerprint density at radius 3 is 0.930 bits per heavy atom. The van der Waals surface area contributed by atoms with Crippen LogP contribution in [-0.4, -0.2) is 59.3 Å². The Balaban J connectivity index is -0.00000101. The summed E-state index contributed by atoms with van der Waals surface area (Å²) in [6.07, 6.45) is 43.9. The molecule has 0 aromatic heterocycles. The maximum absolute atomic E-state index is 10.9. The molecule has 0 saturated heterocycles. The van der Waals surface area contributed by atoms with Crippen molar-refractivity contribution >= 4 is 23.9 Å². The molecule has 0 fully saturated rings. The topological polar surface area (TPSA) is 179 Å². The van der Waals surface area contributed by atoms with Crippen molar-refractivity contribution in [3.05, 3.63) is 24.3 Å². The third-order valence-electron chi connectivity index (χ3n) is 10.0. The summed E-state index contributed by atoms with van der Waals surface area (Å²) < 4.78 is 0. The van der Waals surface area contributed by atoms with Crippen LogP contribution in [0.2, 0.25) is 0 Å². The van der Waals surface area contributed by atoms with E-state index in [-0.39, 0.29) is 45.2 Å². The number of carbonyl (C=O) groups excluding carboxylic acids is 2. The molecular formula is C46H84N2O8Zn. The average molecular weight is 859 g/mol. The molecule has 0 rings (SSSR count). The molecule has 0 aliphatic carbocycles. The largest absolute Gasteiger partial charge is 2.00 e. The summed E-state index contributed by atoms with van der Waals surface area (Å²) in [6.45, 7) is 5.70. The normalized spacial score (nSPS) is 12.2. The molecule has 0 saturated carbocycles. The molecule has 328 valence electrons. The summed E-state index contributed by atoms with van der Waals surface area (Å²) >= 11 is 0. The minimum Gasteiger partial charge on any atom is -0.548 e. The Bertz CT molecular complexity index is 902. The molecule has 0 aliphatic heterocycles. The zero-order valence-electron chi connectivity index (χ0n) is 36.6. The van der Waals surface area contributed by atoms with Gasteiger partial charge in [0.1, 0.15) is 0 Å². The Hall–Kier alpha value is -2.10. The summed E-state index contributed by atoms with van der Waals surface area (Å²) in [5, 5.41) is 44.9. The van der Waals surface area contributed by atoms with Crippen LogP contribution in [0.3, 0.4) is 0 Å². The Morgan fingerprint density at radius 2 is 0.684 bits per heavy atom. The number of hydrogen-bond donors (Lipinski definition) is 4. The van der Waals surface area contributed by atoms with Gasteiger partial charge in [0.15, 0.2) is 0 Å². The molecule has 10 nitrogen and oxygen atoms in total. The van der Waals surface area contributed by atoms with Crippen molar-refractivity contribution in [3.8, 4) is 0 Å². The van der Waals surface area contributed by atoms with Gasteiger partial charge in [-0.2, -0.15) is 0 Å². The number of carboxylic acids is 4. The fourth-order valence-corrected chi connectivity index (χ4v) is 6.44. The van der Waals surface area contributed by atoms with E-state index in [1.165, 1.54) is 141 Å². The van der Waals surface area contributed by atoms with Crippen LogP contribution in [0.25, 0.3) is 0 Å². The van der Waals surface area contributed by atoms with Crippen LogP contribution in [-0.2, 0) is 38.7 Å². The van der Waals surface area contributed by atoms with Crippen LogP contribution in [0.1, 0.15) is 219 Å². The SMILES string of the molecule is CCCCCCCC/C=C\CCCCCCCCN[C@@H](CCC(=O)O)C(=O)[O-].CCCCCCCC/C=C\CCCCCCCCN[C@@H](CCC(=O)O)C(=O)[O-].[Zn+2]. The molecule has 2 atom stereocenters. The summed E-state index contributed by atoms with van der Waals surface area (Å²) in [4.78, 5) is 42.9. The van der Waals surface area contributed by atoms with Crippen molar-refractivity contribution in [2.75, 3.05) is 13.1 Å². The molecule has 0 aliphatic rings. The van der Waals surface area contributed by atoms with Crippen LogP contribution in [0.4, 0.5) is 0 Å². The van der Waals surface area contributed by atoms with Gasteiger partial charge in [-0.15, -0.1) is 0 Å². The third-order valence-corrected chi connectivity index (χ3v) is 10.0. The minimum atomic E-state index is -1.22. The predicted molar refractivity (Wildman–Crippen MR) is 226 cm³/mol. The van der Waals surface area contributed by atoms with Crippen LogP contribution in [0.15, 0.2) is 24.3 Å². The number of hydrogen-bond acceptors (Lipinski definition) is 8. The van der Waals surface area contributed by atoms with Crippen molar-refractivity contribution < 1.29 is 59.1 Å². The van der Waals surface area contributed by atoms with Crippen molar-refractivity contribution in [1.82, 2.24) is 10.6 Å². The van der Waals surface area contributed by atoms with Crippen molar-refractivity contribution in [2.45, 2.75) is 231 Å². The van der Waals surface area contributed by atoms with Gasteiger partial charge in [-0.3, -0.25) is 9.59 Å². The van der Waals surface area contributed by atoms with Gasteiger partial charge in [0.05, 0.1) is 11.9 Å². The smallest absolute Gasteiger partial charge is 0.548 e. The van der Waals surface area contributed by atoms with E-state index in [2.05, 4.69) is 48.8 Å². The summed E-state index contributed by atoms with van der Waals surface area (Å²) in [5.74, 6) is -4.40. The van der Waals surface area contributed by atoms with Gasteiger partial charge in [-0.1, -0.05) is 154 Å². The first-order chi connectivity index (χ1) is 27.1. The van der Waals surface area contributed by atoms with Crippen molar-refractivity contribution in [1.29, 1.82) is 0 Å². The second-order valence-corrected chi connectivity index (χ2v) is 15.4. The third kappa shape index (κ3) is 50.0. The van der Waals surface area contributed by atoms with E-state index in [0.29, 0.717) is 13.1 Å². The van der Waals surface area contributed by atoms with Crippen molar-refractivity contribution in [2.24, 2.45) is 0 Å². The van der Waals surface area contributed by atoms with Gasteiger partial charge >= 0.3 is 31.4 Å². The maximum atomic E-state index is 10.9. The van der Waals surface area contributed by atoms with Crippen LogP contribution >= 0.6 is 0 Å². The molecule has 11 heteroatoms. The summed E-state index contributed by atoms with van der Waals surface area (Å²) in [5.41, 5.74) is 0. The molecule has 0 radical (unpaired) electrons. The first-order valence-corrected chi connectivity index (χ1v) is 22.8. The van der Waals surface area contributed by atoms with E-state index in [1.807, 2.05) is 0 Å². The minimum absolute atomic E-state index is 0. The number of rotatable bonds is 42. The van der Waals surface area contributed by atoms with E-state index in [0.717, 1.165) is 38.5 Å². The monoisotopic (exact) mass is 857 g/mol. The average Bonchev–Trinajstić information content (AvgIpc) is 3.16. The first kappa shape index (κ1) is 59.2. The fourth-order valence-electron chi connectivity index (χ4n) is 6.44. The molecular weight excluding hydrogens is 774 g/mol. The molecule has 0 bridgehead atoms. The van der Waals surface area contributed by atoms with E-state index in [9.17, 15) is 29.4 Å². The second kappa shape index (κ2) is 48.3. The van der Waals surface area contributed by atoms with Crippen molar-refractivity contribution in [3.63, 3.8) is 0 Å². The Kier molecular flexibility index (Phi) is 50.2. The Morgan fingerprint density at radius 1 is 0.439 bits per heavy atom. The number of aliphatic carboxylic acids is 4. The Labute approximate surface area is 361 Å². The number of unbranched alkanes of at least 4 members (excludes halogenated alkanes) is 24. The maximum Gasteiger partial charge on any atom is 2.00 e. The summed E-state index contributed by atoms with van der Waals surface area (Å²) in [6, 6.07) is -1.72. The van der Waals surface area contributed by atoms with Gasteiger partial charge in [0, 0.05) is 24.9 Å². The molecule has 0 aromatic rings. The van der Waals surface area contributed by atoms with Crippen LogP contribution in [0, 0.1) is 0 Å². The number of nitrogens with one attached hydrogen (secondary N) is 2. The van der Waals surface area contributed by atoms with Crippen LogP contribution < -0.4 is 20.8 Å². The van der Waals surface area contributed by atoms with Gasteiger partial charge < -0.3 is 40.6 Å². The molecule has 0 spiro atoms. The first-order valence-electron chi connectivity index (χ1n) is 22.8. The predicted octanol–water partition coefficient (Wildman–Crippen LogP) is 9.19. The van der Waals surface area contributed by atoms with Gasteiger partial charge in [-0.05, 0) is 90.1 Å². The standard InChI is InChI=1S/2C23H43NO4.Zn/c2*1-2-3-4-5-6-7-8-9-10-11-12-13-14-15-16-17-20-24-21(23(27)28)18-19-22(25)26;/h2*9-10,21,24H,2-8,11-20H2,1H3,(H,25,26)(H,27,28);/q;;+2/p-2/b2*10-9-;/t2*21-;/m00./s1. The van der Waals surface area contributed by atoms with E-state index >= 15 is 0 Å². The van der Waals surface area contributed by atoms with Crippen LogP contribution in [0.5, 0.6) is 0 Å². The molecule has 0 heterocycles. The number of carboxylic acid groups (broad SMARTS) is 4. The van der Waals surface area contributed by atoms with Gasteiger partial charge in [-0.25, -0.2) is 0 Å². The quantitative estimate of drug-likeness (QED) is 0.0263.